The molecule has 0 saturated heterocycles. The topological polar surface area (TPSA) is 65.1 Å². The van der Waals surface area contributed by atoms with Crippen LogP contribution in [0.1, 0.15) is 36.2 Å². The maximum absolute atomic E-state index is 15.2. The minimum atomic E-state index is -0.942. The molecule has 168 valence electrons. The quantitative estimate of drug-likeness (QED) is 0.352. The Morgan fingerprint density at radius 1 is 0.909 bits per heavy atom. The number of ketones is 1. The van der Waals surface area contributed by atoms with Crippen LogP contribution in [0.5, 0.6) is 0 Å². The molecule has 0 atom stereocenters. The molecule has 0 bridgehead atoms. The Morgan fingerprint density at radius 3 is 2.18 bits per heavy atom. The zero-order valence-electron chi connectivity index (χ0n) is 18.8. The first kappa shape index (κ1) is 22.5. The van der Waals surface area contributed by atoms with E-state index in [4.69, 9.17) is 5.73 Å². The molecule has 0 radical (unpaired) electrons. The molecule has 1 amide bonds. The minimum Gasteiger partial charge on any atom is -0.369 e. The zero-order chi connectivity index (χ0) is 23.6. The summed E-state index contributed by atoms with van der Waals surface area (Å²) >= 11 is 0. The Labute approximate surface area is 192 Å². The predicted molar refractivity (Wildman–Crippen MR) is 129 cm³/mol. The van der Waals surface area contributed by atoms with Gasteiger partial charge in [0.1, 0.15) is 5.82 Å². The van der Waals surface area contributed by atoms with Gasteiger partial charge in [0.15, 0.2) is 5.78 Å². The molecule has 1 heterocycles. The molecule has 3 aromatic carbocycles. The molecule has 4 nitrogen and oxygen atoms in total. The number of benzene rings is 3. The molecule has 4 aromatic rings. The van der Waals surface area contributed by atoms with Gasteiger partial charge in [-0.1, -0.05) is 72.8 Å². The van der Waals surface area contributed by atoms with Crippen molar-refractivity contribution >= 4 is 22.6 Å². The lowest BCUT2D eigenvalue weighted by Crippen LogP contribution is -2.35. The van der Waals surface area contributed by atoms with E-state index in [1.807, 2.05) is 60.7 Å². The number of halogens is 1. The molecule has 2 N–H and O–H groups in total. The lowest BCUT2D eigenvalue weighted by Gasteiger charge is -2.24. The van der Waals surface area contributed by atoms with Crippen molar-refractivity contribution in [1.29, 1.82) is 0 Å². The van der Waals surface area contributed by atoms with Crippen LogP contribution in [0.15, 0.2) is 78.9 Å². The van der Waals surface area contributed by atoms with Gasteiger partial charge in [-0.05, 0) is 37.5 Å². The molecule has 5 heteroatoms. The van der Waals surface area contributed by atoms with E-state index in [0.29, 0.717) is 35.0 Å². The van der Waals surface area contributed by atoms with Crippen LogP contribution in [0, 0.1) is 11.2 Å². The number of fused-ring (bicyclic) bond motifs is 1. The normalized spacial score (nSPS) is 11.6. The number of nitrogens with two attached hydrogens (primary N) is 1. The van der Waals surface area contributed by atoms with E-state index < -0.39 is 17.1 Å². The second-order valence-corrected chi connectivity index (χ2v) is 8.97. The van der Waals surface area contributed by atoms with Gasteiger partial charge >= 0.3 is 0 Å². The van der Waals surface area contributed by atoms with E-state index in [-0.39, 0.29) is 12.3 Å². The number of para-hydroxylation sites is 1. The highest BCUT2D eigenvalue weighted by molar-refractivity contribution is 6.14. The SMILES string of the molecule is CC(C)(Cn1c(-c2ccccc2)c(C(=O)CCc2ccccc2)c2cccc(F)c21)C(N)=O. The highest BCUT2D eigenvalue weighted by atomic mass is 19.1. The number of carbonyl (C=O) groups excluding carboxylic acids is 2. The van der Waals surface area contributed by atoms with Crippen molar-refractivity contribution in [2.24, 2.45) is 11.1 Å². The smallest absolute Gasteiger partial charge is 0.224 e. The zero-order valence-corrected chi connectivity index (χ0v) is 18.8. The summed E-state index contributed by atoms with van der Waals surface area (Å²) in [5, 5.41) is 0.548. The number of primary amides is 1. The second-order valence-electron chi connectivity index (χ2n) is 8.97. The molecule has 1 aromatic heterocycles. The summed E-state index contributed by atoms with van der Waals surface area (Å²) in [7, 11) is 0. The first-order valence-electron chi connectivity index (χ1n) is 11.0. The number of nitrogens with zero attached hydrogens (tertiary/aromatic N) is 1. The summed E-state index contributed by atoms with van der Waals surface area (Å²) in [5.74, 6) is -0.993. The molecule has 0 aliphatic heterocycles. The van der Waals surface area contributed by atoms with Crippen molar-refractivity contribution in [1.82, 2.24) is 4.57 Å². The number of Topliss-reactive ketones (excluding diaryl/α,β-unsaturated/α-hetero) is 1. The molecule has 0 unspecified atom stereocenters. The van der Waals surface area contributed by atoms with Gasteiger partial charge < -0.3 is 10.3 Å². The van der Waals surface area contributed by atoms with Crippen molar-refractivity contribution in [2.75, 3.05) is 0 Å². The molecule has 0 fully saturated rings. The fraction of sp³-hybridized carbons (Fsp3) is 0.214. The fourth-order valence-electron chi connectivity index (χ4n) is 4.20. The number of carbonyl (C=O) groups is 2. The van der Waals surface area contributed by atoms with Crippen molar-refractivity contribution in [3.63, 3.8) is 0 Å². The molecular weight excluding hydrogens is 415 g/mol. The Morgan fingerprint density at radius 2 is 1.55 bits per heavy atom. The third kappa shape index (κ3) is 4.44. The summed E-state index contributed by atoms with van der Waals surface area (Å²) in [6, 6.07) is 24.0. The number of rotatable bonds is 8. The van der Waals surface area contributed by atoms with E-state index in [2.05, 4.69) is 0 Å². The lowest BCUT2D eigenvalue weighted by atomic mass is 9.92. The van der Waals surface area contributed by atoms with Crippen LogP contribution in [-0.4, -0.2) is 16.3 Å². The van der Waals surface area contributed by atoms with Crippen molar-refractivity contribution < 1.29 is 14.0 Å². The Kier molecular flexibility index (Phi) is 6.14. The third-order valence-electron chi connectivity index (χ3n) is 6.06. The van der Waals surface area contributed by atoms with Gasteiger partial charge in [-0.25, -0.2) is 4.39 Å². The molecule has 0 saturated carbocycles. The first-order chi connectivity index (χ1) is 15.8. The largest absolute Gasteiger partial charge is 0.369 e. The van der Waals surface area contributed by atoms with Gasteiger partial charge in [0.05, 0.1) is 22.2 Å². The van der Waals surface area contributed by atoms with Crippen molar-refractivity contribution in [2.45, 2.75) is 33.2 Å². The van der Waals surface area contributed by atoms with E-state index in [0.717, 1.165) is 11.1 Å². The highest BCUT2D eigenvalue weighted by Crippen LogP contribution is 2.38. The minimum absolute atomic E-state index is 0.0658. The third-order valence-corrected chi connectivity index (χ3v) is 6.06. The fourth-order valence-corrected chi connectivity index (χ4v) is 4.20. The second kappa shape index (κ2) is 9.02. The average molecular weight is 443 g/mol. The van der Waals surface area contributed by atoms with Gasteiger partial charge in [0.25, 0.3) is 0 Å². The van der Waals surface area contributed by atoms with Crippen LogP contribution in [0.3, 0.4) is 0 Å². The molecule has 0 spiro atoms. The average Bonchev–Trinajstić information content (AvgIpc) is 3.13. The number of aryl methyl sites for hydroxylation is 1. The van der Waals surface area contributed by atoms with Gasteiger partial charge in [-0.15, -0.1) is 0 Å². The number of hydrogen-bond acceptors (Lipinski definition) is 2. The Balaban J connectivity index is 1.92. The number of hydrogen-bond donors (Lipinski definition) is 1. The van der Waals surface area contributed by atoms with Crippen molar-refractivity contribution in [3.05, 3.63) is 95.8 Å². The van der Waals surface area contributed by atoms with Crippen LogP contribution < -0.4 is 5.73 Å². The summed E-state index contributed by atoms with van der Waals surface area (Å²) in [6.07, 6.45) is 0.876. The van der Waals surface area contributed by atoms with Crippen LogP contribution in [0.25, 0.3) is 22.2 Å². The Hall–Kier alpha value is -3.73. The van der Waals surface area contributed by atoms with Gasteiger partial charge in [-0.3, -0.25) is 9.59 Å². The van der Waals surface area contributed by atoms with E-state index in [1.54, 1.807) is 30.5 Å². The standard InChI is InChI=1S/C28H27FN2O2/c1-28(2,27(30)33)18-31-25(20-12-7-4-8-13-20)24(21-14-9-15-22(29)26(21)31)23(32)17-16-19-10-5-3-6-11-19/h3-15H,16-18H2,1-2H3,(H2,30,33). The van der Waals surface area contributed by atoms with E-state index in [9.17, 15) is 9.59 Å². The molecule has 0 aliphatic carbocycles. The lowest BCUT2D eigenvalue weighted by molar-refractivity contribution is -0.126. The predicted octanol–water partition coefficient (Wildman–Crippen LogP) is 5.77. The van der Waals surface area contributed by atoms with Crippen LogP contribution in [-0.2, 0) is 17.8 Å². The maximum atomic E-state index is 15.2. The van der Waals surface area contributed by atoms with Crippen LogP contribution in [0.4, 0.5) is 4.39 Å². The number of aromatic nitrogens is 1. The van der Waals surface area contributed by atoms with Gasteiger partial charge in [0, 0.05) is 18.4 Å². The molecule has 0 aliphatic rings. The summed E-state index contributed by atoms with van der Waals surface area (Å²) in [5.41, 5.74) is 7.97. The van der Waals surface area contributed by atoms with Crippen LogP contribution >= 0.6 is 0 Å². The number of amides is 1. The monoisotopic (exact) mass is 442 g/mol. The summed E-state index contributed by atoms with van der Waals surface area (Å²) in [4.78, 5) is 25.8. The highest BCUT2D eigenvalue weighted by Gasteiger charge is 2.31. The van der Waals surface area contributed by atoms with Gasteiger partial charge in [0.2, 0.25) is 5.91 Å². The summed E-state index contributed by atoms with van der Waals surface area (Å²) in [6.45, 7) is 3.61. The van der Waals surface area contributed by atoms with Crippen LogP contribution in [0.2, 0.25) is 0 Å². The van der Waals surface area contributed by atoms with E-state index >= 15 is 4.39 Å². The summed E-state index contributed by atoms with van der Waals surface area (Å²) < 4.78 is 16.9. The first-order valence-corrected chi connectivity index (χ1v) is 11.0. The van der Waals surface area contributed by atoms with Gasteiger partial charge in [-0.2, -0.15) is 0 Å². The molecular formula is C28H27FN2O2. The molecule has 33 heavy (non-hydrogen) atoms. The van der Waals surface area contributed by atoms with Crippen molar-refractivity contribution in [3.8, 4) is 11.3 Å². The van der Waals surface area contributed by atoms with E-state index in [1.165, 1.54) is 6.07 Å². The Bertz CT molecular complexity index is 1310. The maximum Gasteiger partial charge on any atom is 0.224 e. The molecule has 4 rings (SSSR count).